The molecule has 1 saturated heterocycles. The van der Waals surface area contributed by atoms with Gasteiger partial charge in [-0.3, -0.25) is 4.79 Å². The first kappa shape index (κ1) is 13.3. The van der Waals surface area contributed by atoms with E-state index in [9.17, 15) is 9.59 Å². The zero-order chi connectivity index (χ0) is 14.0. The number of rotatable bonds is 2. The van der Waals surface area contributed by atoms with E-state index in [2.05, 4.69) is 4.98 Å². The normalized spacial score (nSPS) is 15.5. The lowest BCUT2D eigenvalue weighted by Crippen LogP contribution is -2.48. The number of carbonyl (C=O) groups is 2. The van der Waals surface area contributed by atoms with Gasteiger partial charge in [0, 0.05) is 38.8 Å². The Bertz CT molecular complexity index is 508. The molecule has 1 amide bonds. The second kappa shape index (κ2) is 5.26. The summed E-state index contributed by atoms with van der Waals surface area (Å²) < 4.78 is 0. The molecule has 6 heteroatoms. The highest BCUT2D eigenvalue weighted by molar-refractivity contribution is 5.88. The summed E-state index contributed by atoms with van der Waals surface area (Å²) in [6.45, 7) is 5.98. The summed E-state index contributed by atoms with van der Waals surface area (Å²) in [4.78, 5) is 30.4. The van der Waals surface area contributed by atoms with E-state index in [1.807, 2.05) is 4.90 Å². The first-order valence-electron chi connectivity index (χ1n) is 6.20. The van der Waals surface area contributed by atoms with Crippen LogP contribution in [0.4, 0.5) is 5.82 Å². The van der Waals surface area contributed by atoms with Crippen LogP contribution in [0.3, 0.4) is 0 Å². The summed E-state index contributed by atoms with van der Waals surface area (Å²) in [7, 11) is 0. The minimum Gasteiger partial charge on any atom is -0.478 e. The molecule has 0 spiro atoms. The number of aryl methyl sites for hydroxylation is 1. The molecule has 6 nitrogen and oxygen atoms in total. The third-order valence-electron chi connectivity index (χ3n) is 3.24. The summed E-state index contributed by atoms with van der Waals surface area (Å²) in [6.07, 6.45) is 0. The minimum absolute atomic E-state index is 0.0723. The van der Waals surface area contributed by atoms with Crippen LogP contribution in [0.15, 0.2) is 12.1 Å². The fourth-order valence-electron chi connectivity index (χ4n) is 2.19. The van der Waals surface area contributed by atoms with E-state index >= 15 is 0 Å². The van der Waals surface area contributed by atoms with Gasteiger partial charge in [0.05, 0.1) is 5.56 Å². The van der Waals surface area contributed by atoms with Crippen molar-refractivity contribution in [1.82, 2.24) is 9.88 Å². The van der Waals surface area contributed by atoms with Crippen LogP contribution in [0.1, 0.15) is 23.0 Å². The average Bonchev–Trinajstić information content (AvgIpc) is 2.38. The quantitative estimate of drug-likeness (QED) is 0.852. The largest absolute Gasteiger partial charge is 0.478 e. The molecule has 1 N–H and O–H groups in total. The van der Waals surface area contributed by atoms with Crippen molar-refractivity contribution in [3.05, 3.63) is 23.4 Å². The number of aromatic nitrogens is 1. The van der Waals surface area contributed by atoms with Crippen LogP contribution in [0.25, 0.3) is 0 Å². The number of hydrogen-bond acceptors (Lipinski definition) is 4. The Balaban J connectivity index is 2.15. The molecule has 0 saturated carbocycles. The van der Waals surface area contributed by atoms with Gasteiger partial charge >= 0.3 is 5.97 Å². The standard InChI is InChI=1S/C13H17N3O3/c1-9-7-11(13(18)19)8-12(14-9)16-5-3-15(4-6-16)10(2)17/h7-8H,3-6H2,1-2H3,(H,18,19). The molecule has 1 aromatic heterocycles. The molecule has 0 bridgehead atoms. The first-order valence-corrected chi connectivity index (χ1v) is 6.20. The second-order valence-corrected chi connectivity index (χ2v) is 4.65. The summed E-state index contributed by atoms with van der Waals surface area (Å²) in [6, 6.07) is 3.14. The van der Waals surface area contributed by atoms with Crippen molar-refractivity contribution >= 4 is 17.7 Å². The van der Waals surface area contributed by atoms with Crippen molar-refractivity contribution < 1.29 is 14.7 Å². The number of aromatic carboxylic acids is 1. The summed E-state index contributed by atoms with van der Waals surface area (Å²) >= 11 is 0. The van der Waals surface area contributed by atoms with Gasteiger partial charge in [-0.2, -0.15) is 0 Å². The maximum atomic E-state index is 11.3. The van der Waals surface area contributed by atoms with Crippen LogP contribution in [0.2, 0.25) is 0 Å². The van der Waals surface area contributed by atoms with Gasteiger partial charge in [0.15, 0.2) is 0 Å². The molecule has 19 heavy (non-hydrogen) atoms. The lowest BCUT2D eigenvalue weighted by molar-refractivity contribution is -0.129. The topological polar surface area (TPSA) is 73.7 Å². The zero-order valence-corrected chi connectivity index (χ0v) is 11.1. The molecule has 0 radical (unpaired) electrons. The van der Waals surface area contributed by atoms with E-state index in [0.29, 0.717) is 37.7 Å². The Morgan fingerprint density at radius 2 is 1.84 bits per heavy atom. The number of hydrogen-bond donors (Lipinski definition) is 1. The molecule has 2 heterocycles. The van der Waals surface area contributed by atoms with Crippen molar-refractivity contribution in [2.24, 2.45) is 0 Å². The lowest BCUT2D eigenvalue weighted by atomic mass is 10.2. The number of piperazine rings is 1. The fraction of sp³-hybridized carbons (Fsp3) is 0.462. The lowest BCUT2D eigenvalue weighted by Gasteiger charge is -2.35. The Morgan fingerprint density at radius 1 is 1.21 bits per heavy atom. The van der Waals surface area contributed by atoms with Crippen LogP contribution in [0, 0.1) is 6.92 Å². The van der Waals surface area contributed by atoms with Crippen molar-refractivity contribution in [2.75, 3.05) is 31.1 Å². The summed E-state index contributed by atoms with van der Waals surface area (Å²) in [5.74, 6) is -0.210. The Hall–Kier alpha value is -2.11. The average molecular weight is 263 g/mol. The Morgan fingerprint density at radius 3 is 2.37 bits per heavy atom. The van der Waals surface area contributed by atoms with Crippen LogP contribution in [-0.2, 0) is 4.79 Å². The molecule has 1 aliphatic rings. The van der Waals surface area contributed by atoms with Crippen LogP contribution in [-0.4, -0.2) is 53.0 Å². The SMILES string of the molecule is CC(=O)N1CCN(c2cc(C(=O)O)cc(C)n2)CC1. The highest BCUT2D eigenvalue weighted by atomic mass is 16.4. The van der Waals surface area contributed by atoms with E-state index in [-0.39, 0.29) is 11.5 Å². The van der Waals surface area contributed by atoms with E-state index in [4.69, 9.17) is 5.11 Å². The highest BCUT2D eigenvalue weighted by Crippen LogP contribution is 2.17. The van der Waals surface area contributed by atoms with Gasteiger partial charge in [-0.25, -0.2) is 9.78 Å². The Labute approximate surface area is 111 Å². The molecule has 1 aromatic rings. The summed E-state index contributed by atoms with van der Waals surface area (Å²) in [5, 5.41) is 9.05. The van der Waals surface area contributed by atoms with Gasteiger partial charge in [0.1, 0.15) is 5.82 Å². The number of carboxylic acids is 1. The maximum Gasteiger partial charge on any atom is 0.335 e. The number of nitrogens with zero attached hydrogens (tertiary/aromatic N) is 3. The molecular formula is C13H17N3O3. The van der Waals surface area contributed by atoms with Crippen molar-refractivity contribution in [2.45, 2.75) is 13.8 Å². The smallest absolute Gasteiger partial charge is 0.335 e. The zero-order valence-electron chi connectivity index (χ0n) is 11.1. The van der Waals surface area contributed by atoms with E-state index < -0.39 is 5.97 Å². The monoisotopic (exact) mass is 263 g/mol. The van der Waals surface area contributed by atoms with Crippen LogP contribution < -0.4 is 4.90 Å². The molecule has 0 aliphatic carbocycles. The third kappa shape index (κ3) is 3.01. The van der Waals surface area contributed by atoms with Crippen molar-refractivity contribution in [3.63, 3.8) is 0 Å². The Kier molecular flexibility index (Phi) is 3.69. The van der Waals surface area contributed by atoms with E-state index in [1.165, 1.54) is 0 Å². The fourth-order valence-corrected chi connectivity index (χ4v) is 2.19. The highest BCUT2D eigenvalue weighted by Gasteiger charge is 2.20. The van der Waals surface area contributed by atoms with Crippen LogP contribution >= 0.6 is 0 Å². The predicted molar refractivity (Wildman–Crippen MR) is 70.4 cm³/mol. The molecule has 1 fully saturated rings. The molecule has 2 rings (SSSR count). The van der Waals surface area contributed by atoms with Gasteiger partial charge < -0.3 is 14.9 Å². The number of carbonyl (C=O) groups excluding carboxylic acids is 1. The molecule has 0 aromatic carbocycles. The second-order valence-electron chi connectivity index (χ2n) is 4.65. The van der Waals surface area contributed by atoms with Crippen LogP contribution in [0.5, 0.6) is 0 Å². The van der Waals surface area contributed by atoms with Gasteiger partial charge in [-0.1, -0.05) is 0 Å². The first-order chi connectivity index (χ1) is 8.97. The maximum absolute atomic E-state index is 11.3. The van der Waals surface area contributed by atoms with Gasteiger partial charge in [-0.05, 0) is 19.1 Å². The number of pyridine rings is 1. The van der Waals surface area contributed by atoms with Crippen molar-refractivity contribution in [3.8, 4) is 0 Å². The predicted octanol–water partition coefficient (Wildman–Crippen LogP) is 0.757. The van der Waals surface area contributed by atoms with E-state index in [0.717, 1.165) is 0 Å². The minimum atomic E-state index is -0.950. The number of anilines is 1. The number of amides is 1. The molecule has 102 valence electrons. The van der Waals surface area contributed by atoms with Gasteiger partial charge in [0.2, 0.25) is 5.91 Å². The molecule has 0 unspecified atom stereocenters. The molecular weight excluding hydrogens is 246 g/mol. The summed E-state index contributed by atoms with van der Waals surface area (Å²) in [5.41, 5.74) is 0.931. The molecule has 0 atom stereocenters. The number of carboxylic acid groups (broad SMARTS) is 1. The van der Waals surface area contributed by atoms with E-state index in [1.54, 1.807) is 30.9 Å². The van der Waals surface area contributed by atoms with Gasteiger partial charge in [-0.15, -0.1) is 0 Å². The molecule has 1 aliphatic heterocycles. The van der Waals surface area contributed by atoms with Gasteiger partial charge in [0.25, 0.3) is 0 Å². The third-order valence-corrected chi connectivity index (χ3v) is 3.24. The van der Waals surface area contributed by atoms with Crippen molar-refractivity contribution in [1.29, 1.82) is 0 Å².